The van der Waals surface area contributed by atoms with Gasteiger partial charge in [-0.1, -0.05) is 32.6 Å². The van der Waals surface area contributed by atoms with Gasteiger partial charge in [-0.05, 0) is 66.7 Å². The Morgan fingerprint density at radius 3 is 1.92 bits per heavy atom. The first-order valence-corrected chi connectivity index (χ1v) is 21.0. The monoisotopic (exact) mass is 898 g/mol. The molecule has 16 nitrogen and oxygen atoms in total. The van der Waals surface area contributed by atoms with Gasteiger partial charge in [-0.25, -0.2) is 22.4 Å². The first-order valence-electron chi connectivity index (χ1n) is 21.0. The normalized spacial score (nSPS) is 18.5. The molecule has 63 heavy (non-hydrogen) atoms. The molecule has 3 rings (SSSR count). The van der Waals surface area contributed by atoms with Crippen LogP contribution in [0.5, 0.6) is 0 Å². The lowest BCUT2D eigenvalue weighted by Crippen LogP contribution is -2.55. The Bertz CT molecular complexity index is 1960. The number of primary amides is 1. The molecule has 0 bridgehead atoms. The molecule has 0 spiro atoms. The molecule has 1 unspecified atom stereocenters. The van der Waals surface area contributed by atoms with E-state index in [1.165, 1.54) is 0 Å². The van der Waals surface area contributed by atoms with Gasteiger partial charge in [-0.15, -0.1) is 0 Å². The maximum atomic E-state index is 15.1. The molecule has 350 valence electrons. The van der Waals surface area contributed by atoms with Gasteiger partial charge in [0.05, 0.1) is 29.7 Å². The zero-order valence-electron chi connectivity index (χ0n) is 36.6. The standard InChI is InChI=1S/C43H58F4N4O12/c1-8-12-22(37(56)26(52)15-16-28(54)49-24(38(48)57)19-29(55)63-43(5,6)7)17-27(53)25-18-23(62-42(2,3)4)20-51(25)40(59)36(21-13-10-9-11-14-21)50-39(58)30-31(41(60)61)33(45)35(47)34(46)32(30)44/h21-25,36H,8-20H2,1-7H3,(H2,48,57)(H,49,54)(H,50,58)(H,60,61)/t22?,23-,24-,25+,36+/m1/s1. The Kier molecular flexibility index (Phi) is 18.1. The highest BCUT2D eigenvalue weighted by Crippen LogP contribution is 2.33. The number of nitrogens with one attached hydrogen (secondary N) is 2. The molecular weight excluding hydrogens is 840 g/mol. The van der Waals surface area contributed by atoms with E-state index in [4.69, 9.17) is 15.2 Å². The number of carboxylic acid groups (broad SMARTS) is 1. The number of hydrogen-bond donors (Lipinski definition) is 4. The Morgan fingerprint density at radius 2 is 1.40 bits per heavy atom. The van der Waals surface area contributed by atoms with Crippen LogP contribution in [0, 0.1) is 35.1 Å². The van der Waals surface area contributed by atoms with E-state index in [-0.39, 0.29) is 19.4 Å². The summed E-state index contributed by atoms with van der Waals surface area (Å²) in [5.41, 5.74) is 0.201. The molecule has 1 aliphatic carbocycles. The highest BCUT2D eigenvalue weighted by Gasteiger charge is 2.46. The minimum Gasteiger partial charge on any atom is -0.478 e. The van der Waals surface area contributed by atoms with E-state index in [2.05, 4.69) is 10.6 Å². The number of halogens is 4. The Balaban J connectivity index is 1.88. The highest BCUT2D eigenvalue weighted by atomic mass is 19.2. The number of ether oxygens (including phenoxy) is 2. The van der Waals surface area contributed by atoms with Gasteiger partial charge in [0.2, 0.25) is 23.5 Å². The molecule has 4 amide bonds. The van der Waals surface area contributed by atoms with Gasteiger partial charge in [0, 0.05) is 38.1 Å². The van der Waals surface area contributed by atoms with Gasteiger partial charge < -0.3 is 35.8 Å². The zero-order valence-corrected chi connectivity index (χ0v) is 36.6. The van der Waals surface area contributed by atoms with Crippen molar-refractivity contribution < 1.29 is 75.3 Å². The minimum atomic E-state index is -2.46. The Hall–Kier alpha value is -5.27. The van der Waals surface area contributed by atoms with Crippen molar-refractivity contribution in [3.63, 3.8) is 0 Å². The van der Waals surface area contributed by atoms with Gasteiger partial charge in [0.15, 0.2) is 34.8 Å². The molecule has 0 aromatic heterocycles. The SMILES string of the molecule is CCCC(CC(=O)[C@@H]1C[C@@H](OC(C)(C)C)CN1C(=O)[C@@H](NC(=O)c1c(F)c(F)c(F)c(F)c1C(=O)O)C1CCCCC1)C(=O)C(=O)CCC(=O)N[C@H](CC(=O)OC(C)(C)C)C(N)=O. The van der Waals surface area contributed by atoms with Gasteiger partial charge in [0.25, 0.3) is 5.91 Å². The number of nitrogens with zero attached hydrogens (tertiary/aromatic N) is 1. The van der Waals surface area contributed by atoms with Crippen LogP contribution in [0.4, 0.5) is 17.6 Å². The number of amides is 4. The number of nitrogens with two attached hydrogens (primary N) is 1. The first kappa shape index (κ1) is 52.1. The molecular formula is C43H58F4N4O12. The van der Waals surface area contributed by atoms with Crippen LogP contribution in [-0.4, -0.2) is 105 Å². The number of carbonyl (C=O) groups is 9. The van der Waals surface area contributed by atoms with Crippen LogP contribution in [0.25, 0.3) is 0 Å². The van der Waals surface area contributed by atoms with Crippen LogP contribution in [-0.2, 0) is 43.0 Å². The van der Waals surface area contributed by atoms with E-state index < -0.39 is 160 Å². The third-order valence-electron chi connectivity index (χ3n) is 10.6. The number of hydrogen-bond acceptors (Lipinski definition) is 11. The maximum absolute atomic E-state index is 15.1. The van der Waals surface area contributed by atoms with Gasteiger partial charge in [0.1, 0.15) is 23.2 Å². The molecule has 5 atom stereocenters. The Labute approximate surface area is 362 Å². The summed E-state index contributed by atoms with van der Waals surface area (Å²) >= 11 is 0. The van der Waals surface area contributed by atoms with Crippen molar-refractivity contribution in [3.05, 3.63) is 34.4 Å². The van der Waals surface area contributed by atoms with E-state index >= 15 is 4.39 Å². The smallest absolute Gasteiger partial charge is 0.339 e. The summed E-state index contributed by atoms with van der Waals surface area (Å²) in [5.74, 6) is -21.7. The number of Topliss-reactive ketones (excluding diaryl/α,β-unsaturated/α-hetero) is 3. The molecule has 2 aliphatic rings. The van der Waals surface area contributed by atoms with Crippen LogP contribution in [0.1, 0.15) is 146 Å². The molecule has 1 saturated heterocycles. The molecule has 20 heteroatoms. The molecule has 5 N–H and O–H groups in total. The predicted molar refractivity (Wildman–Crippen MR) is 215 cm³/mol. The third kappa shape index (κ3) is 14.4. The molecule has 1 saturated carbocycles. The van der Waals surface area contributed by atoms with Crippen LogP contribution < -0.4 is 16.4 Å². The molecule has 2 fully saturated rings. The second kappa shape index (κ2) is 21.9. The van der Waals surface area contributed by atoms with E-state index in [9.17, 15) is 61.4 Å². The number of aromatic carboxylic acids is 1. The number of esters is 1. The molecule has 1 aromatic rings. The summed E-state index contributed by atoms with van der Waals surface area (Å²) in [6.45, 7) is 11.5. The van der Waals surface area contributed by atoms with Gasteiger partial charge in [-0.3, -0.25) is 38.4 Å². The lowest BCUT2D eigenvalue weighted by molar-refractivity contribution is -0.156. The summed E-state index contributed by atoms with van der Waals surface area (Å²) < 4.78 is 69.5. The van der Waals surface area contributed by atoms with E-state index in [0.717, 1.165) is 11.3 Å². The van der Waals surface area contributed by atoms with Crippen LogP contribution in [0.3, 0.4) is 0 Å². The van der Waals surface area contributed by atoms with Gasteiger partial charge >= 0.3 is 11.9 Å². The summed E-state index contributed by atoms with van der Waals surface area (Å²) in [5, 5.41) is 14.1. The fourth-order valence-corrected chi connectivity index (χ4v) is 7.89. The second-order valence-electron chi connectivity index (χ2n) is 18.0. The molecule has 0 radical (unpaired) electrons. The highest BCUT2D eigenvalue weighted by molar-refractivity contribution is 6.38. The van der Waals surface area contributed by atoms with Crippen molar-refractivity contribution in [2.75, 3.05) is 6.54 Å². The lowest BCUT2D eigenvalue weighted by atomic mass is 9.82. The van der Waals surface area contributed by atoms with Gasteiger partial charge in [-0.2, -0.15) is 0 Å². The van der Waals surface area contributed by atoms with E-state index in [0.29, 0.717) is 32.1 Å². The lowest BCUT2D eigenvalue weighted by Gasteiger charge is -2.35. The summed E-state index contributed by atoms with van der Waals surface area (Å²) in [6, 6.07) is -4.36. The number of likely N-dealkylation sites (tertiary alicyclic amines) is 1. The first-order chi connectivity index (χ1) is 29.2. The fraction of sp³-hybridized carbons (Fsp3) is 0.651. The average Bonchev–Trinajstić information content (AvgIpc) is 3.60. The maximum Gasteiger partial charge on any atom is 0.339 e. The molecule has 1 heterocycles. The fourth-order valence-electron chi connectivity index (χ4n) is 7.89. The zero-order chi connectivity index (χ0) is 47.7. The summed E-state index contributed by atoms with van der Waals surface area (Å²) in [6.07, 6.45) is -0.253. The van der Waals surface area contributed by atoms with Crippen LogP contribution in [0.2, 0.25) is 0 Å². The number of carboxylic acids is 1. The van der Waals surface area contributed by atoms with Crippen LogP contribution in [0.15, 0.2) is 0 Å². The van der Waals surface area contributed by atoms with Crippen molar-refractivity contribution >= 4 is 52.9 Å². The quantitative estimate of drug-likeness (QED) is 0.0468. The van der Waals surface area contributed by atoms with Crippen molar-refractivity contribution in [2.24, 2.45) is 17.6 Å². The topological polar surface area (TPSA) is 246 Å². The van der Waals surface area contributed by atoms with Crippen molar-refractivity contribution in [2.45, 2.75) is 161 Å². The second-order valence-corrected chi connectivity index (χ2v) is 18.0. The molecule has 1 aromatic carbocycles. The van der Waals surface area contributed by atoms with E-state index in [1.807, 2.05) is 0 Å². The third-order valence-corrected chi connectivity index (χ3v) is 10.6. The summed E-state index contributed by atoms with van der Waals surface area (Å²) in [7, 11) is 0. The summed E-state index contributed by atoms with van der Waals surface area (Å²) in [4.78, 5) is 119. The largest absolute Gasteiger partial charge is 0.478 e. The number of carbonyl (C=O) groups excluding carboxylic acids is 8. The number of rotatable bonds is 20. The van der Waals surface area contributed by atoms with Crippen molar-refractivity contribution in [1.29, 1.82) is 0 Å². The Morgan fingerprint density at radius 1 is 0.810 bits per heavy atom. The van der Waals surface area contributed by atoms with Crippen LogP contribution >= 0.6 is 0 Å². The van der Waals surface area contributed by atoms with Crippen molar-refractivity contribution in [3.8, 4) is 0 Å². The average molecular weight is 899 g/mol. The number of benzene rings is 1. The predicted octanol–water partition coefficient (Wildman–Crippen LogP) is 4.40. The molecule has 1 aliphatic heterocycles. The van der Waals surface area contributed by atoms with E-state index in [1.54, 1.807) is 48.5 Å². The van der Waals surface area contributed by atoms with Crippen molar-refractivity contribution in [1.82, 2.24) is 15.5 Å². The minimum absolute atomic E-state index is 0.0494. The number of ketones is 3.